The molecule has 1 rings (SSSR count). The first-order valence-corrected chi connectivity index (χ1v) is 5.36. The van der Waals surface area contributed by atoms with Crippen molar-refractivity contribution in [3.05, 3.63) is 11.6 Å². The minimum atomic E-state index is 0.202. The van der Waals surface area contributed by atoms with E-state index >= 15 is 0 Å². The van der Waals surface area contributed by atoms with Crippen molar-refractivity contribution in [2.24, 2.45) is 5.41 Å². The first-order valence-electron chi connectivity index (χ1n) is 5.36. The molecule has 1 heterocycles. The summed E-state index contributed by atoms with van der Waals surface area (Å²) in [5.41, 5.74) is 1.74. The molecule has 0 unspecified atom stereocenters. The molecule has 1 amide bonds. The minimum Gasteiger partial charge on any atom is -0.342 e. The zero-order valence-corrected chi connectivity index (χ0v) is 9.76. The van der Waals surface area contributed by atoms with Crippen molar-refractivity contribution in [1.29, 1.82) is 0 Å². The zero-order chi connectivity index (χ0) is 10.8. The van der Waals surface area contributed by atoms with Gasteiger partial charge in [0.1, 0.15) is 0 Å². The van der Waals surface area contributed by atoms with E-state index in [-0.39, 0.29) is 11.3 Å². The maximum absolute atomic E-state index is 11.2. The van der Waals surface area contributed by atoms with Crippen LogP contribution in [-0.4, -0.2) is 23.9 Å². The molecule has 0 aromatic carbocycles. The molecule has 1 aliphatic heterocycles. The van der Waals surface area contributed by atoms with Crippen molar-refractivity contribution >= 4 is 5.91 Å². The van der Waals surface area contributed by atoms with Crippen LogP contribution in [0.15, 0.2) is 11.6 Å². The van der Waals surface area contributed by atoms with Crippen LogP contribution in [0.3, 0.4) is 0 Å². The lowest BCUT2D eigenvalue weighted by Crippen LogP contribution is -2.30. The molecule has 0 saturated heterocycles. The van der Waals surface area contributed by atoms with E-state index in [1.54, 1.807) is 6.92 Å². The van der Waals surface area contributed by atoms with Crippen LogP contribution in [0.1, 0.15) is 40.5 Å². The SMILES string of the molecule is CC(=O)N1CCC=C(C(C)(C)C)CC1. The Bertz CT molecular complexity index is 248. The average molecular weight is 195 g/mol. The van der Waals surface area contributed by atoms with Crippen LogP contribution in [0.25, 0.3) is 0 Å². The van der Waals surface area contributed by atoms with E-state index in [0.29, 0.717) is 0 Å². The van der Waals surface area contributed by atoms with Crippen molar-refractivity contribution in [2.45, 2.75) is 40.5 Å². The second-order valence-electron chi connectivity index (χ2n) is 5.02. The summed E-state index contributed by atoms with van der Waals surface area (Å²) in [6, 6.07) is 0. The van der Waals surface area contributed by atoms with E-state index < -0.39 is 0 Å². The van der Waals surface area contributed by atoms with Crippen molar-refractivity contribution in [3.63, 3.8) is 0 Å². The van der Waals surface area contributed by atoms with Crippen molar-refractivity contribution in [2.75, 3.05) is 13.1 Å². The molecule has 0 N–H and O–H groups in total. The Hall–Kier alpha value is -0.790. The normalized spacial score (nSPS) is 18.9. The Morgan fingerprint density at radius 1 is 1.36 bits per heavy atom. The molecule has 0 radical (unpaired) electrons. The van der Waals surface area contributed by atoms with Gasteiger partial charge in [0.2, 0.25) is 5.91 Å². The van der Waals surface area contributed by atoms with E-state index in [0.717, 1.165) is 25.9 Å². The maximum atomic E-state index is 11.2. The summed E-state index contributed by atoms with van der Waals surface area (Å²) in [5, 5.41) is 0. The fraction of sp³-hybridized carbons (Fsp3) is 0.750. The second kappa shape index (κ2) is 4.16. The molecule has 0 aliphatic carbocycles. The lowest BCUT2D eigenvalue weighted by atomic mass is 9.84. The van der Waals surface area contributed by atoms with Gasteiger partial charge in [0.15, 0.2) is 0 Å². The van der Waals surface area contributed by atoms with E-state index in [1.165, 1.54) is 5.57 Å². The topological polar surface area (TPSA) is 20.3 Å². The summed E-state index contributed by atoms with van der Waals surface area (Å²) in [4.78, 5) is 13.2. The lowest BCUT2D eigenvalue weighted by molar-refractivity contribution is -0.128. The standard InChI is InChI=1S/C12H21NO/c1-10(14)13-8-5-6-11(7-9-13)12(2,3)4/h6H,5,7-9H2,1-4H3. The van der Waals surface area contributed by atoms with E-state index in [1.807, 2.05) is 4.90 Å². The fourth-order valence-electron chi connectivity index (χ4n) is 1.86. The number of amides is 1. The van der Waals surface area contributed by atoms with Gasteiger partial charge in [-0.3, -0.25) is 4.79 Å². The predicted molar refractivity (Wildman–Crippen MR) is 59.0 cm³/mol. The van der Waals surface area contributed by atoms with Crippen LogP contribution in [-0.2, 0) is 4.79 Å². The van der Waals surface area contributed by atoms with Crippen molar-refractivity contribution in [1.82, 2.24) is 4.90 Å². The summed E-state index contributed by atoms with van der Waals surface area (Å²) in [7, 11) is 0. The predicted octanol–water partition coefficient (Wildman–Crippen LogP) is 2.60. The van der Waals surface area contributed by atoms with Crippen LogP contribution >= 0.6 is 0 Å². The Balaban J connectivity index is 2.62. The van der Waals surface area contributed by atoms with E-state index in [2.05, 4.69) is 26.8 Å². The zero-order valence-electron chi connectivity index (χ0n) is 9.76. The minimum absolute atomic E-state index is 0.202. The van der Waals surface area contributed by atoms with Crippen molar-refractivity contribution in [3.8, 4) is 0 Å². The van der Waals surface area contributed by atoms with Gasteiger partial charge < -0.3 is 4.90 Å². The Labute approximate surface area is 87.0 Å². The van der Waals surface area contributed by atoms with Crippen LogP contribution in [0.4, 0.5) is 0 Å². The van der Waals surface area contributed by atoms with Gasteiger partial charge in [-0.1, -0.05) is 32.4 Å². The molecular weight excluding hydrogens is 174 g/mol. The summed E-state index contributed by atoms with van der Waals surface area (Å²) < 4.78 is 0. The summed E-state index contributed by atoms with van der Waals surface area (Å²) in [5.74, 6) is 0.202. The highest BCUT2D eigenvalue weighted by atomic mass is 16.2. The van der Waals surface area contributed by atoms with Crippen LogP contribution in [0.5, 0.6) is 0 Å². The highest BCUT2D eigenvalue weighted by molar-refractivity contribution is 5.73. The van der Waals surface area contributed by atoms with Crippen LogP contribution in [0.2, 0.25) is 0 Å². The second-order valence-corrected chi connectivity index (χ2v) is 5.02. The molecule has 0 atom stereocenters. The average Bonchev–Trinajstić information content (AvgIpc) is 2.26. The Kier molecular flexibility index (Phi) is 3.35. The largest absolute Gasteiger partial charge is 0.342 e. The Morgan fingerprint density at radius 3 is 2.50 bits per heavy atom. The highest BCUT2D eigenvalue weighted by Gasteiger charge is 2.20. The van der Waals surface area contributed by atoms with Gasteiger partial charge >= 0.3 is 0 Å². The number of hydrogen-bond acceptors (Lipinski definition) is 1. The van der Waals surface area contributed by atoms with Crippen molar-refractivity contribution < 1.29 is 4.79 Å². The van der Waals surface area contributed by atoms with E-state index in [4.69, 9.17) is 0 Å². The maximum Gasteiger partial charge on any atom is 0.219 e. The number of rotatable bonds is 0. The van der Waals surface area contributed by atoms with Gasteiger partial charge in [-0.2, -0.15) is 0 Å². The third kappa shape index (κ3) is 2.86. The van der Waals surface area contributed by atoms with Crippen LogP contribution < -0.4 is 0 Å². The number of carbonyl (C=O) groups excluding carboxylic acids is 1. The highest BCUT2D eigenvalue weighted by Crippen LogP contribution is 2.29. The first-order chi connectivity index (χ1) is 6.41. The van der Waals surface area contributed by atoms with Gasteiger partial charge in [0, 0.05) is 20.0 Å². The summed E-state index contributed by atoms with van der Waals surface area (Å²) >= 11 is 0. The van der Waals surface area contributed by atoms with Gasteiger partial charge in [0.05, 0.1) is 0 Å². The quantitative estimate of drug-likeness (QED) is 0.544. The van der Waals surface area contributed by atoms with Gasteiger partial charge in [-0.25, -0.2) is 0 Å². The third-order valence-electron chi connectivity index (χ3n) is 2.85. The first kappa shape index (κ1) is 11.3. The van der Waals surface area contributed by atoms with E-state index in [9.17, 15) is 4.79 Å². The molecule has 2 nitrogen and oxygen atoms in total. The third-order valence-corrected chi connectivity index (χ3v) is 2.85. The summed E-state index contributed by atoms with van der Waals surface area (Å²) in [6.07, 6.45) is 4.35. The molecule has 80 valence electrons. The monoisotopic (exact) mass is 195 g/mol. The molecule has 14 heavy (non-hydrogen) atoms. The molecule has 0 aromatic rings. The molecule has 0 aromatic heterocycles. The molecule has 0 saturated carbocycles. The molecule has 2 heteroatoms. The number of carbonyl (C=O) groups is 1. The molecule has 0 bridgehead atoms. The van der Waals surface area contributed by atoms with Gasteiger partial charge in [-0.15, -0.1) is 0 Å². The van der Waals surface area contributed by atoms with Gasteiger partial charge in [-0.05, 0) is 18.3 Å². The molecule has 0 spiro atoms. The fourth-order valence-corrected chi connectivity index (χ4v) is 1.86. The summed E-state index contributed by atoms with van der Waals surface area (Å²) in [6.45, 7) is 10.1. The lowest BCUT2D eigenvalue weighted by Gasteiger charge is -2.23. The van der Waals surface area contributed by atoms with Gasteiger partial charge in [0.25, 0.3) is 0 Å². The number of hydrogen-bond donors (Lipinski definition) is 0. The molecular formula is C12H21NO. The number of nitrogens with zero attached hydrogens (tertiary/aromatic N) is 1. The molecule has 0 fully saturated rings. The molecule has 1 aliphatic rings. The smallest absolute Gasteiger partial charge is 0.219 e. The van der Waals surface area contributed by atoms with Crippen LogP contribution in [0, 0.1) is 5.41 Å². The Morgan fingerprint density at radius 2 is 2.00 bits per heavy atom.